The lowest BCUT2D eigenvalue weighted by atomic mass is 9.93. The Balaban J connectivity index is 2.14. The third kappa shape index (κ3) is 3.12. The number of aryl methyl sites for hydroxylation is 1. The average molecular weight is 247 g/mol. The predicted octanol–water partition coefficient (Wildman–Crippen LogP) is 3.52. The first-order chi connectivity index (χ1) is 8.72. The first-order valence-corrected chi connectivity index (χ1v) is 7.13. The van der Waals surface area contributed by atoms with Crippen molar-refractivity contribution in [2.45, 2.75) is 52.2 Å². The molecule has 0 radical (unpaired) electrons. The fraction of sp³-hybridized carbons (Fsp3) is 0.625. The van der Waals surface area contributed by atoms with E-state index >= 15 is 0 Å². The molecule has 2 nitrogen and oxygen atoms in total. The Labute approximate surface area is 111 Å². The summed E-state index contributed by atoms with van der Waals surface area (Å²) in [6, 6.07) is 7.04. The monoisotopic (exact) mass is 247 g/mol. The third-order valence-electron chi connectivity index (χ3n) is 4.00. The van der Waals surface area contributed by atoms with Crippen LogP contribution in [0.1, 0.15) is 48.9 Å². The number of hydrogen-bond donors (Lipinski definition) is 1. The molecule has 18 heavy (non-hydrogen) atoms. The lowest BCUT2D eigenvalue weighted by molar-refractivity contribution is 0.0947. The molecule has 2 rings (SSSR count). The van der Waals surface area contributed by atoms with Gasteiger partial charge in [0.25, 0.3) is 0 Å². The Bertz CT molecular complexity index is 383. The van der Waals surface area contributed by atoms with Gasteiger partial charge < -0.3 is 10.1 Å². The molecular formula is C16H25NO. The molecule has 1 saturated heterocycles. The van der Waals surface area contributed by atoms with Gasteiger partial charge in [0.05, 0.1) is 6.10 Å². The molecule has 0 aromatic heterocycles. The van der Waals surface area contributed by atoms with E-state index < -0.39 is 0 Å². The van der Waals surface area contributed by atoms with Gasteiger partial charge >= 0.3 is 0 Å². The zero-order chi connectivity index (χ0) is 13.0. The second-order valence-electron chi connectivity index (χ2n) is 5.27. The molecule has 0 saturated carbocycles. The summed E-state index contributed by atoms with van der Waals surface area (Å²) >= 11 is 0. The number of nitrogens with one attached hydrogen (secondary N) is 1. The van der Waals surface area contributed by atoms with Gasteiger partial charge in [-0.25, -0.2) is 0 Å². The number of benzene rings is 1. The molecule has 0 spiro atoms. The standard InChI is InChI=1S/C16H25NO/c1-4-17-16(11-14-8-6-10-18-14)15-9-5-7-12(2)13(15)3/h5,7,9,14,16-17H,4,6,8,10-11H2,1-3H3. The summed E-state index contributed by atoms with van der Waals surface area (Å²) in [5.74, 6) is 0. The maximum atomic E-state index is 5.78. The minimum atomic E-state index is 0.429. The van der Waals surface area contributed by atoms with Crippen molar-refractivity contribution in [3.8, 4) is 0 Å². The number of hydrogen-bond acceptors (Lipinski definition) is 2. The molecule has 1 aromatic rings. The van der Waals surface area contributed by atoms with Crippen molar-refractivity contribution in [1.82, 2.24) is 5.32 Å². The lowest BCUT2D eigenvalue weighted by Gasteiger charge is -2.24. The van der Waals surface area contributed by atoms with E-state index in [1.807, 2.05) is 0 Å². The fourth-order valence-electron chi connectivity index (χ4n) is 2.81. The lowest BCUT2D eigenvalue weighted by Crippen LogP contribution is -2.26. The summed E-state index contributed by atoms with van der Waals surface area (Å²) in [7, 11) is 0. The summed E-state index contributed by atoms with van der Waals surface area (Å²) in [5, 5.41) is 3.61. The molecule has 1 fully saturated rings. The number of ether oxygens (including phenoxy) is 1. The maximum Gasteiger partial charge on any atom is 0.0594 e. The normalized spacial score (nSPS) is 21.2. The van der Waals surface area contributed by atoms with E-state index in [0.717, 1.165) is 19.6 Å². The maximum absolute atomic E-state index is 5.78. The quantitative estimate of drug-likeness (QED) is 0.859. The summed E-state index contributed by atoms with van der Waals surface area (Å²) in [4.78, 5) is 0. The Hall–Kier alpha value is -0.860. The van der Waals surface area contributed by atoms with Gasteiger partial charge in [-0.05, 0) is 56.3 Å². The van der Waals surface area contributed by atoms with Crippen LogP contribution >= 0.6 is 0 Å². The van der Waals surface area contributed by atoms with Crippen LogP contribution in [-0.4, -0.2) is 19.3 Å². The molecule has 1 aliphatic heterocycles. The summed E-state index contributed by atoms with van der Waals surface area (Å²) < 4.78 is 5.78. The van der Waals surface area contributed by atoms with Crippen molar-refractivity contribution in [3.63, 3.8) is 0 Å². The zero-order valence-corrected chi connectivity index (χ0v) is 11.8. The number of rotatable bonds is 5. The van der Waals surface area contributed by atoms with Crippen LogP contribution < -0.4 is 5.32 Å². The van der Waals surface area contributed by atoms with Crippen LogP contribution in [0.3, 0.4) is 0 Å². The molecule has 2 heteroatoms. The Morgan fingerprint density at radius 1 is 1.39 bits per heavy atom. The molecule has 1 N–H and O–H groups in total. The molecule has 1 aromatic carbocycles. The molecular weight excluding hydrogens is 222 g/mol. The van der Waals surface area contributed by atoms with Crippen LogP contribution in [0.2, 0.25) is 0 Å². The van der Waals surface area contributed by atoms with Crippen LogP contribution in [0.25, 0.3) is 0 Å². The Morgan fingerprint density at radius 2 is 2.22 bits per heavy atom. The van der Waals surface area contributed by atoms with Crippen LogP contribution in [-0.2, 0) is 4.74 Å². The van der Waals surface area contributed by atoms with Gasteiger partial charge in [0.1, 0.15) is 0 Å². The summed E-state index contributed by atoms with van der Waals surface area (Å²) in [6.07, 6.45) is 3.97. The van der Waals surface area contributed by atoms with Crippen LogP contribution in [0.4, 0.5) is 0 Å². The van der Waals surface area contributed by atoms with E-state index in [1.165, 1.54) is 29.5 Å². The van der Waals surface area contributed by atoms with Crippen LogP contribution in [0.15, 0.2) is 18.2 Å². The van der Waals surface area contributed by atoms with Gasteiger partial charge in [-0.1, -0.05) is 25.1 Å². The van der Waals surface area contributed by atoms with Gasteiger partial charge in [0, 0.05) is 12.6 Å². The van der Waals surface area contributed by atoms with Crippen molar-refractivity contribution in [2.75, 3.05) is 13.2 Å². The molecule has 0 aliphatic carbocycles. The zero-order valence-electron chi connectivity index (χ0n) is 11.8. The summed E-state index contributed by atoms with van der Waals surface area (Å²) in [6.45, 7) is 8.53. The van der Waals surface area contributed by atoms with Gasteiger partial charge in [0.2, 0.25) is 0 Å². The smallest absolute Gasteiger partial charge is 0.0594 e. The summed E-state index contributed by atoms with van der Waals surface area (Å²) in [5.41, 5.74) is 4.23. The molecule has 2 unspecified atom stereocenters. The van der Waals surface area contributed by atoms with E-state index in [1.54, 1.807) is 0 Å². The minimum Gasteiger partial charge on any atom is -0.378 e. The fourth-order valence-corrected chi connectivity index (χ4v) is 2.81. The Morgan fingerprint density at radius 3 is 2.89 bits per heavy atom. The van der Waals surface area contributed by atoms with E-state index in [4.69, 9.17) is 4.74 Å². The van der Waals surface area contributed by atoms with Crippen molar-refractivity contribution >= 4 is 0 Å². The van der Waals surface area contributed by atoms with Crippen molar-refractivity contribution in [3.05, 3.63) is 34.9 Å². The highest BCUT2D eigenvalue weighted by Crippen LogP contribution is 2.28. The molecule has 100 valence electrons. The topological polar surface area (TPSA) is 21.3 Å². The van der Waals surface area contributed by atoms with Crippen LogP contribution in [0, 0.1) is 13.8 Å². The van der Waals surface area contributed by atoms with E-state index in [0.29, 0.717) is 12.1 Å². The SMILES string of the molecule is CCNC(CC1CCCO1)c1cccc(C)c1C. The highest BCUT2D eigenvalue weighted by atomic mass is 16.5. The molecule has 1 aliphatic rings. The minimum absolute atomic E-state index is 0.429. The predicted molar refractivity (Wildman–Crippen MR) is 75.9 cm³/mol. The van der Waals surface area contributed by atoms with E-state index in [2.05, 4.69) is 44.3 Å². The molecule has 0 amide bonds. The van der Waals surface area contributed by atoms with Gasteiger partial charge in [-0.15, -0.1) is 0 Å². The molecule has 2 atom stereocenters. The Kier molecular flexibility index (Phi) is 4.79. The second-order valence-corrected chi connectivity index (χ2v) is 5.27. The highest BCUT2D eigenvalue weighted by Gasteiger charge is 2.22. The second kappa shape index (κ2) is 6.35. The molecule has 0 bridgehead atoms. The van der Waals surface area contributed by atoms with E-state index in [9.17, 15) is 0 Å². The van der Waals surface area contributed by atoms with E-state index in [-0.39, 0.29) is 0 Å². The van der Waals surface area contributed by atoms with Crippen LogP contribution in [0.5, 0.6) is 0 Å². The first kappa shape index (κ1) is 13.6. The van der Waals surface area contributed by atoms with Crippen molar-refractivity contribution in [1.29, 1.82) is 0 Å². The largest absolute Gasteiger partial charge is 0.378 e. The van der Waals surface area contributed by atoms with Gasteiger partial charge in [-0.2, -0.15) is 0 Å². The van der Waals surface area contributed by atoms with Crippen molar-refractivity contribution in [2.24, 2.45) is 0 Å². The first-order valence-electron chi connectivity index (χ1n) is 7.13. The molecule has 1 heterocycles. The average Bonchev–Trinajstić information content (AvgIpc) is 2.85. The van der Waals surface area contributed by atoms with Gasteiger partial charge in [0.15, 0.2) is 0 Å². The third-order valence-corrected chi connectivity index (χ3v) is 4.00. The van der Waals surface area contributed by atoms with Gasteiger partial charge in [-0.3, -0.25) is 0 Å². The van der Waals surface area contributed by atoms with Crippen molar-refractivity contribution < 1.29 is 4.74 Å². The highest BCUT2D eigenvalue weighted by molar-refractivity contribution is 5.35.